The van der Waals surface area contributed by atoms with Crippen LogP contribution in [0, 0.1) is 29.4 Å². The lowest BCUT2D eigenvalue weighted by atomic mass is 9.95. The Kier molecular flexibility index (Phi) is 10.2. The van der Waals surface area contributed by atoms with E-state index < -0.39 is 23.8 Å². The first-order chi connectivity index (χ1) is 25.5. The largest absolute Gasteiger partial charge is 0.508 e. The number of halogens is 3. The van der Waals surface area contributed by atoms with Crippen LogP contribution in [0.15, 0.2) is 24.3 Å². The molecule has 1 aliphatic carbocycles. The Hall–Kier alpha value is -4.87. The number of phenols is 1. The Bertz CT molecular complexity index is 2070. The number of nitrogens with one attached hydrogen (secondary N) is 1. The Balaban J connectivity index is 0.000000817. The van der Waals surface area contributed by atoms with Gasteiger partial charge in [-0.2, -0.15) is 9.97 Å². The molecule has 0 spiro atoms. The summed E-state index contributed by atoms with van der Waals surface area (Å²) in [6, 6.07) is 6.00. The molecule has 2 aromatic carbocycles. The lowest BCUT2D eigenvalue weighted by Gasteiger charge is -2.34. The first-order valence-electron chi connectivity index (χ1n) is 18.1. The van der Waals surface area contributed by atoms with Gasteiger partial charge in [-0.25, -0.2) is 18.2 Å². The molecular weight excluding hydrogens is 689 g/mol. The fraction of sp³-hybridized carbons (Fsp3) is 0.487. The molecule has 3 saturated heterocycles. The number of aromatic nitrogens is 3. The van der Waals surface area contributed by atoms with Crippen molar-refractivity contribution >= 4 is 33.5 Å². The number of carbonyl (C=O) groups is 1. The van der Waals surface area contributed by atoms with Crippen LogP contribution in [0.5, 0.6) is 17.6 Å². The smallest absolute Gasteiger partial charge is 0.319 e. The van der Waals surface area contributed by atoms with Crippen molar-refractivity contribution in [2.24, 2.45) is 5.41 Å². The summed E-state index contributed by atoms with van der Waals surface area (Å²) in [5.74, 6) is 0.566. The molecule has 3 aliphatic heterocycles. The number of ether oxygens (including phenoxy) is 2. The predicted octanol–water partition coefficient (Wildman–Crippen LogP) is 5.83. The highest BCUT2D eigenvalue weighted by atomic mass is 19.1. The minimum absolute atomic E-state index is 0.0337. The Morgan fingerprint density at radius 3 is 2.40 bits per heavy atom. The van der Waals surface area contributed by atoms with Gasteiger partial charge in [0.25, 0.3) is 0 Å². The third-order valence-corrected chi connectivity index (χ3v) is 10.7. The summed E-state index contributed by atoms with van der Waals surface area (Å²) in [7, 11) is 1.44. The highest BCUT2D eigenvalue weighted by Gasteiger charge is 2.45. The van der Waals surface area contributed by atoms with Crippen LogP contribution in [-0.4, -0.2) is 101 Å². The van der Waals surface area contributed by atoms with Crippen molar-refractivity contribution in [2.45, 2.75) is 70.1 Å². The number of carboxylic acid groups (broad SMARTS) is 1. The average Bonchev–Trinajstić information content (AvgIpc) is 3.84. The summed E-state index contributed by atoms with van der Waals surface area (Å²) in [6.45, 7) is 5.51. The number of fused-ring (bicyclic) bond motifs is 4. The highest BCUT2D eigenvalue weighted by Crippen LogP contribution is 2.47. The van der Waals surface area contributed by atoms with Gasteiger partial charge >= 0.3 is 12.0 Å². The van der Waals surface area contributed by atoms with Crippen molar-refractivity contribution in [2.75, 3.05) is 51.3 Å². The number of aliphatic carboxylic acids is 1. The van der Waals surface area contributed by atoms with Gasteiger partial charge < -0.3 is 34.8 Å². The van der Waals surface area contributed by atoms with E-state index in [0.717, 1.165) is 45.3 Å². The molecule has 53 heavy (non-hydrogen) atoms. The van der Waals surface area contributed by atoms with Crippen molar-refractivity contribution in [3.8, 4) is 41.2 Å². The van der Waals surface area contributed by atoms with Crippen LogP contribution >= 0.6 is 0 Å². The van der Waals surface area contributed by atoms with Crippen LogP contribution in [0.1, 0.15) is 57.4 Å². The lowest BCUT2D eigenvalue weighted by Crippen LogP contribution is -2.51. The monoisotopic (exact) mass is 732 g/mol. The van der Waals surface area contributed by atoms with Crippen molar-refractivity contribution in [3.63, 3.8) is 0 Å². The van der Waals surface area contributed by atoms with E-state index in [2.05, 4.69) is 31.0 Å². The molecule has 280 valence electrons. The van der Waals surface area contributed by atoms with E-state index in [-0.39, 0.29) is 69.3 Å². The Morgan fingerprint density at radius 1 is 1.08 bits per heavy atom. The molecule has 2 atom stereocenters. The van der Waals surface area contributed by atoms with E-state index in [1.54, 1.807) is 6.92 Å². The summed E-state index contributed by atoms with van der Waals surface area (Å²) < 4.78 is 57.8. The zero-order valence-electron chi connectivity index (χ0n) is 29.8. The van der Waals surface area contributed by atoms with E-state index in [4.69, 9.17) is 26.0 Å². The second kappa shape index (κ2) is 14.9. The van der Waals surface area contributed by atoms with Gasteiger partial charge in [-0.1, -0.05) is 18.9 Å². The normalized spacial score (nSPS) is 20.9. The number of piperazine rings is 1. The zero-order valence-corrected chi connectivity index (χ0v) is 29.8. The first-order valence-corrected chi connectivity index (χ1v) is 18.1. The standard InChI is InChI=1S/C36H37F3N6O3.C3H6O2/c1-3-25-27(38)7-4-20-14-24(46)15-26(28(20)25)31-30(39)32-29(34(41-31)47-2)33(45-16-22-5-6-23(17-45)40-22)43-35(42-32)48-19-36(10-11-36)18-44-12-8-21(37)9-13-44;1-2-3(4)5/h1,4,7,14-15,21-23,40,46H,5-6,8-13,16-19H2,2H3;2H2,1H3,(H,4,5). The van der Waals surface area contributed by atoms with Crippen molar-refractivity contribution in [1.82, 2.24) is 25.2 Å². The molecule has 14 heteroatoms. The summed E-state index contributed by atoms with van der Waals surface area (Å²) in [5, 5.41) is 22.9. The Labute approximate surface area is 305 Å². The van der Waals surface area contributed by atoms with Gasteiger partial charge in [-0.15, -0.1) is 6.42 Å². The molecule has 4 fully saturated rings. The molecule has 4 aromatic rings. The van der Waals surface area contributed by atoms with Crippen LogP contribution < -0.4 is 19.7 Å². The summed E-state index contributed by atoms with van der Waals surface area (Å²) in [4.78, 5) is 27.9. The van der Waals surface area contributed by atoms with Crippen molar-refractivity contribution in [1.29, 1.82) is 0 Å². The second-order valence-corrected chi connectivity index (χ2v) is 14.5. The maximum Gasteiger partial charge on any atom is 0.319 e. The van der Waals surface area contributed by atoms with Gasteiger partial charge in [0.1, 0.15) is 40.2 Å². The van der Waals surface area contributed by atoms with E-state index >= 15 is 4.39 Å². The van der Waals surface area contributed by atoms with Gasteiger partial charge in [-0.05, 0) is 62.1 Å². The summed E-state index contributed by atoms with van der Waals surface area (Å²) in [6.07, 6.45) is 10.3. The van der Waals surface area contributed by atoms with Gasteiger partial charge in [-0.3, -0.25) is 4.79 Å². The molecule has 1 saturated carbocycles. The SMILES string of the molecule is C#Cc1c(F)ccc2cc(O)cc(-c3nc(OC)c4c(N5CC6CCC(C5)N6)nc(OCC5(CN6CCC(F)CC6)CC5)nc4c3F)c12.CCC(=O)O. The number of nitrogens with zero attached hydrogens (tertiary/aromatic N) is 5. The summed E-state index contributed by atoms with van der Waals surface area (Å²) in [5.41, 5.74) is -0.323. The van der Waals surface area contributed by atoms with Gasteiger partial charge in [0.2, 0.25) is 5.88 Å². The number of phenolic OH excluding ortho intramolecular Hbond substituents is 1. The molecule has 3 N–H and O–H groups in total. The zero-order chi connectivity index (χ0) is 37.4. The van der Waals surface area contributed by atoms with Crippen molar-refractivity contribution in [3.05, 3.63) is 41.5 Å². The third kappa shape index (κ3) is 7.50. The average molecular weight is 733 g/mol. The number of pyridine rings is 1. The topological polar surface area (TPSA) is 133 Å². The number of piperidine rings is 1. The number of hydrogen-bond donors (Lipinski definition) is 3. The molecule has 8 rings (SSSR count). The minimum Gasteiger partial charge on any atom is -0.508 e. The van der Waals surface area contributed by atoms with Crippen LogP contribution in [0.4, 0.5) is 19.0 Å². The molecular formula is C39H43F3N6O5. The highest BCUT2D eigenvalue weighted by molar-refractivity contribution is 6.04. The van der Waals surface area contributed by atoms with Crippen LogP contribution in [-0.2, 0) is 4.79 Å². The maximum absolute atomic E-state index is 17.0. The van der Waals surface area contributed by atoms with Crippen LogP contribution in [0.2, 0.25) is 0 Å². The molecule has 0 radical (unpaired) electrons. The number of alkyl halides is 1. The minimum atomic E-state index is -0.799. The Morgan fingerprint density at radius 2 is 1.77 bits per heavy atom. The van der Waals surface area contributed by atoms with Gasteiger partial charge in [0.05, 0.1) is 19.3 Å². The third-order valence-electron chi connectivity index (χ3n) is 10.7. The number of benzene rings is 2. The molecule has 2 bridgehead atoms. The first kappa shape index (κ1) is 36.5. The number of likely N-dealkylation sites (tertiary alicyclic amines) is 1. The number of methoxy groups -OCH3 is 1. The molecule has 0 amide bonds. The number of hydrogen-bond acceptors (Lipinski definition) is 10. The van der Waals surface area contributed by atoms with E-state index in [1.165, 1.54) is 31.4 Å². The number of aromatic hydroxyl groups is 1. The molecule has 2 aromatic heterocycles. The van der Waals surface area contributed by atoms with Crippen molar-refractivity contribution < 1.29 is 37.7 Å². The molecule has 5 heterocycles. The fourth-order valence-corrected chi connectivity index (χ4v) is 7.72. The van der Waals surface area contributed by atoms with Gasteiger partial charge in [0.15, 0.2) is 5.82 Å². The van der Waals surface area contributed by atoms with E-state index in [1.807, 2.05) is 0 Å². The maximum atomic E-state index is 17.0. The quantitative estimate of drug-likeness (QED) is 0.180. The van der Waals surface area contributed by atoms with Gasteiger partial charge in [0, 0.05) is 67.6 Å². The number of rotatable bonds is 9. The molecule has 2 unspecified atom stereocenters. The van der Waals surface area contributed by atoms with Crippen LogP contribution in [0.3, 0.4) is 0 Å². The number of terminal acetylenes is 1. The number of carboxylic acids is 1. The lowest BCUT2D eigenvalue weighted by molar-refractivity contribution is -0.136. The van der Waals surface area contributed by atoms with E-state index in [0.29, 0.717) is 49.1 Å². The predicted molar refractivity (Wildman–Crippen MR) is 194 cm³/mol. The fourth-order valence-electron chi connectivity index (χ4n) is 7.72. The summed E-state index contributed by atoms with van der Waals surface area (Å²) >= 11 is 0. The molecule has 11 nitrogen and oxygen atoms in total. The number of anilines is 1. The second-order valence-electron chi connectivity index (χ2n) is 14.5. The van der Waals surface area contributed by atoms with E-state index in [9.17, 15) is 18.7 Å². The van der Waals surface area contributed by atoms with Crippen LogP contribution in [0.25, 0.3) is 32.9 Å². The molecule has 4 aliphatic rings.